The van der Waals surface area contributed by atoms with Gasteiger partial charge in [-0.15, -0.1) is 0 Å². The molecule has 0 N–H and O–H groups in total. The molecule has 0 aromatic heterocycles. The van der Waals surface area contributed by atoms with Gasteiger partial charge in [-0.3, -0.25) is 19.3 Å². The molecule has 1 aromatic rings. The number of imide groups is 1. The number of hydrogen-bond donors (Lipinski definition) is 0. The third kappa shape index (κ3) is 2.00. The van der Waals surface area contributed by atoms with Gasteiger partial charge in [0.25, 0.3) is 11.8 Å². The van der Waals surface area contributed by atoms with Crippen LogP contribution >= 0.6 is 24.0 Å². The summed E-state index contributed by atoms with van der Waals surface area (Å²) >= 11 is 6.30. The van der Waals surface area contributed by atoms with Crippen LogP contribution in [0.1, 0.15) is 19.4 Å². The van der Waals surface area contributed by atoms with E-state index in [1.54, 1.807) is 24.3 Å². The van der Waals surface area contributed by atoms with Gasteiger partial charge in [-0.25, -0.2) is 4.90 Å². The maximum atomic E-state index is 12.7. The van der Waals surface area contributed by atoms with Gasteiger partial charge < -0.3 is 0 Å². The lowest BCUT2D eigenvalue weighted by Crippen LogP contribution is -2.32. The lowest BCUT2D eigenvalue weighted by atomic mass is 10.1. The first kappa shape index (κ1) is 14.9. The average Bonchev–Trinajstić information content (AvgIpc) is 2.92. The number of thioether (sulfide) groups is 1. The molecule has 1 fully saturated rings. The highest BCUT2D eigenvalue weighted by Gasteiger charge is 2.42. The maximum Gasteiger partial charge on any atom is 0.267 e. The molecule has 5 nitrogen and oxygen atoms in total. The molecule has 7 heteroatoms. The minimum Gasteiger partial charge on any atom is -0.293 e. The Labute approximate surface area is 137 Å². The summed E-state index contributed by atoms with van der Waals surface area (Å²) in [6, 6.07) is 6.96. The van der Waals surface area contributed by atoms with Crippen LogP contribution in [0.3, 0.4) is 0 Å². The zero-order chi connectivity index (χ0) is 16.0. The van der Waals surface area contributed by atoms with Crippen molar-refractivity contribution in [3.8, 4) is 0 Å². The zero-order valence-electron chi connectivity index (χ0n) is 12.0. The number of likely N-dealkylation sites (N-methyl/N-ethyl adjacent to an activating group) is 1. The molecule has 2 aliphatic heterocycles. The van der Waals surface area contributed by atoms with E-state index in [4.69, 9.17) is 12.2 Å². The molecule has 2 heterocycles. The summed E-state index contributed by atoms with van der Waals surface area (Å²) in [6.45, 7) is 3.60. The highest BCUT2D eigenvalue weighted by Crippen LogP contribution is 2.44. The van der Waals surface area contributed by atoms with Gasteiger partial charge in [0.15, 0.2) is 0 Å². The molecule has 22 heavy (non-hydrogen) atoms. The number of rotatable bonds is 1. The smallest absolute Gasteiger partial charge is 0.267 e. The van der Waals surface area contributed by atoms with Crippen molar-refractivity contribution < 1.29 is 14.4 Å². The zero-order valence-corrected chi connectivity index (χ0v) is 13.6. The van der Waals surface area contributed by atoms with Crippen molar-refractivity contribution in [2.45, 2.75) is 13.8 Å². The number of amides is 3. The van der Waals surface area contributed by atoms with Crippen LogP contribution in [0.15, 0.2) is 29.2 Å². The largest absolute Gasteiger partial charge is 0.293 e. The highest BCUT2D eigenvalue weighted by atomic mass is 32.2. The predicted molar refractivity (Wildman–Crippen MR) is 89.1 cm³/mol. The molecule has 0 unspecified atom stereocenters. The SMILES string of the molecule is CCN1C(=O)/C(=C2\C(=O)N(C(C)=O)c3ccccc32)SC1=S. The van der Waals surface area contributed by atoms with Gasteiger partial charge in [0, 0.05) is 19.0 Å². The van der Waals surface area contributed by atoms with Crippen molar-refractivity contribution in [3.05, 3.63) is 34.7 Å². The normalized spacial score (nSPS) is 20.9. The van der Waals surface area contributed by atoms with Crippen molar-refractivity contribution in [1.82, 2.24) is 4.90 Å². The molecule has 0 radical (unpaired) electrons. The first-order chi connectivity index (χ1) is 10.5. The molecule has 2 aliphatic rings. The molecule has 0 aliphatic carbocycles. The topological polar surface area (TPSA) is 57.7 Å². The summed E-state index contributed by atoms with van der Waals surface area (Å²) in [5.74, 6) is -1.12. The summed E-state index contributed by atoms with van der Waals surface area (Å²) in [5.41, 5.74) is 1.37. The summed E-state index contributed by atoms with van der Waals surface area (Å²) in [6.07, 6.45) is 0. The van der Waals surface area contributed by atoms with E-state index in [1.165, 1.54) is 11.8 Å². The molecular formula is C15H12N2O3S2. The molecule has 1 aromatic carbocycles. The molecule has 3 rings (SSSR count). The van der Waals surface area contributed by atoms with Crippen LogP contribution in [-0.2, 0) is 14.4 Å². The Balaban J connectivity index is 2.22. The van der Waals surface area contributed by atoms with Crippen molar-refractivity contribution in [2.24, 2.45) is 0 Å². The van der Waals surface area contributed by atoms with Crippen molar-refractivity contribution in [3.63, 3.8) is 0 Å². The van der Waals surface area contributed by atoms with E-state index < -0.39 is 5.91 Å². The Morgan fingerprint density at radius 1 is 1.23 bits per heavy atom. The number of hydrogen-bond acceptors (Lipinski definition) is 5. The van der Waals surface area contributed by atoms with E-state index in [0.717, 1.165) is 16.7 Å². The fraction of sp³-hybridized carbons (Fsp3) is 0.200. The lowest BCUT2D eigenvalue weighted by molar-refractivity contribution is -0.124. The van der Waals surface area contributed by atoms with E-state index in [2.05, 4.69) is 0 Å². The monoisotopic (exact) mass is 332 g/mol. The number of anilines is 1. The van der Waals surface area contributed by atoms with Crippen LogP contribution in [0.5, 0.6) is 0 Å². The summed E-state index contributed by atoms with van der Waals surface area (Å²) in [7, 11) is 0. The fourth-order valence-corrected chi connectivity index (χ4v) is 4.03. The Bertz CT molecular complexity index is 770. The van der Waals surface area contributed by atoms with Crippen LogP contribution in [0.4, 0.5) is 5.69 Å². The quantitative estimate of drug-likeness (QED) is 0.583. The lowest BCUT2D eigenvalue weighted by Gasteiger charge is -2.11. The van der Waals surface area contributed by atoms with E-state index in [9.17, 15) is 14.4 Å². The van der Waals surface area contributed by atoms with Gasteiger partial charge >= 0.3 is 0 Å². The van der Waals surface area contributed by atoms with Gasteiger partial charge in [0.2, 0.25) is 5.91 Å². The predicted octanol–water partition coefficient (Wildman–Crippen LogP) is 2.17. The van der Waals surface area contributed by atoms with E-state index in [0.29, 0.717) is 27.0 Å². The summed E-state index contributed by atoms with van der Waals surface area (Å²) in [5, 5.41) is 0. The minimum absolute atomic E-state index is 0.263. The second kappa shape index (κ2) is 5.33. The Morgan fingerprint density at radius 3 is 2.50 bits per heavy atom. The van der Waals surface area contributed by atoms with Gasteiger partial charge in [-0.2, -0.15) is 0 Å². The van der Waals surface area contributed by atoms with Crippen molar-refractivity contribution in [2.75, 3.05) is 11.4 Å². The highest BCUT2D eigenvalue weighted by molar-refractivity contribution is 8.26. The molecule has 0 bridgehead atoms. The molecule has 0 saturated carbocycles. The number of carbonyl (C=O) groups excluding carboxylic acids is 3. The second-order valence-electron chi connectivity index (χ2n) is 4.80. The number of benzene rings is 1. The van der Waals surface area contributed by atoms with E-state index in [-0.39, 0.29) is 17.4 Å². The third-order valence-corrected chi connectivity index (χ3v) is 4.99. The number of thiocarbonyl (C=S) groups is 1. The maximum absolute atomic E-state index is 12.7. The van der Waals surface area contributed by atoms with E-state index >= 15 is 0 Å². The number of carbonyl (C=O) groups is 3. The van der Waals surface area contributed by atoms with E-state index in [1.807, 2.05) is 6.92 Å². The number of fused-ring (bicyclic) bond motifs is 1. The number of nitrogens with zero attached hydrogens (tertiary/aromatic N) is 2. The summed E-state index contributed by atoms with van der Waals surface area (Å²) in [4.78, 5) is 39.8. The van der Waals surface area contributed by atoms with Crippen LogP contribution in [0.25, 0.3) is 5.57 Å². The minimum atomic E-state index is -0.467. The molecule has 0 atom stereocenters. The van der Waals surface area contributed by atoms with Crippen LogP contribution < -0.4 is 4.90 Å². The van der Waals surface area contributed by atoms with Crippen LogP contribution in [0.2, 0.25) is 0 Å². The Kier molecular flexibility index (Phi) is 3.62. The van der Waals surface area contributed by atoms with Gasteiger partial charge in [0.05, 0.1) is 16.2 Å². The van der Waals surface area contributed by atoms with Crippen molar-refractivity contribution >= 4 is 57.3 Å². The average molecular weight is 332 g/mol. The van der Waals surface area contributed by atoms with Gasteiger partial charge in [-0.1, -0.05) is 42.2 Å². The van der Waals surface area contributed by atoms with Gasteiger partial charge in [0.1, 0.15) is 4.32 Å². The first-order valence-electron chi connectivity index (χ1n) is 6.69. The standard InChI is InChI=1S/C15H12N2O3S2/c1-3-16-14(20)12(22-15(16)21)11-9-6-4-5-7-10(9)17(8(2)18)13(11)19/h4-7H,3H2,1-2H3/b12-11+. The van der Waals surface area contributed by atoms with Crippen LogP contribution in [-0.4, -0.2) is 33.5 Å². The summed E-state index contributed by atoms with van der Waals surface area (Å²) < 4.78 is 0.432. The molecular weight excluding hydrogens is 320 g/mol. The second-order valence-corrected chi connectivity index (χ2v) is 6.44. The van der Waals surface area contributed by atoms with Crippen LogP contribution in [0, 0.1) is 0 Å². The third-order valence-electron chi connectivity index (χ3n) is 3.54. The first-order valence-corrected chi connectivity index (χ1v) is 7.92. The Hall–Kier alpha value is -1.99. The van der Waals surface area contributed by atoms with Crippen molar-refractivity contribution in [1.29, 1.82) is 0 Å². The number of para-hydroxylation sites is 1. The fourth-order valence-electron chi connectivity index (χ4n) is 2.57. The molecule has 0 spiro atoms. The molecule has 1 saturated heterocycles. The van der Waals surface area contributed by atoms with Gasteiger partial charge in [-0.05, 0) is 13.0 Å². The molecule has 112 valence electrons. The Morgan fingerprint density at radius 2 is 1.91 bits per heavy atom. The molecule has 3 amide bonds.